The summed E-state index contributed by atoms with van der Waals surface area (Å²) in [6.07, 6.45) is 3.39. The van der Waals surface area contributed by atoms with Gasteiger partial charge in [-0.2, -0.15) is 0 Å². The van der Waals surface area contributed by atoms with Crippen LogP contribution in [0.4, 0.5) is 0 Å². The number of benzene rings is 1. The van der Waals surface area contributed by atoms with E-state index < -0.39 is 0 Å². The molecule has 1 aromatic heterocycles. The molecule has 1 unspecified atom stereocenters. The summed E-state index contributed by atoms with van der Waals surface area (Å²) in [5.41, 5.74) is 4.57. The van der Waals surface area contributed by atoms with Gasteiger partial charge in [0.25, 0.3) is 0 Å². The molecule has 0 radical (unpaired) electrons. The van der Waals surface area contributed by atoms with Crippen molar-refractivity contribution in [3.05, 3.63) is 62.6 Å². The number of Topliss-reactive ketones (excluding diaryl/α,β-unsaturated/α-hetero) is 1. The SMILES string of the molecule is CCC1(c2ccccc2)C2=C(Cc3nc(C)sc31)CC(C)(C)CC2=O. The molecule has 130 valence electrons. The highest BCUT2D eigenvalue weighted by atomic mass is 32.1. The molecule has 0 N–H and O–H groups in total. The lowest BCUT2D eigenvalue weighted by atomic mass is 9.59. The third kappa shape index (κ3) is 2.43. The van der Waals surface area contributed by atoms with Crippen molar-refractivity contribution in [2.75, 3.05) is 0 Å². The van der Waals surface area contributed by atoms with E-state index >= 15 is 0 Å². The second kappa shape index (κ2) is 5.63. The molecular formula is C22H25NOS. The number of allylic oxidation sites excluding steroid dienone is 2. The highest BCUT2D eigenvalue weighted by Gasteiger charge is 2.50. The van der Waals surface area contributed by atoms with E-state index in [2.05, 4.69) is 58.0 Å². The number of carbonyl (C=O) groups is 1. The highest BCUT2D eigenvalue weighted by Crippen LogP contribution is 2.55. The Morgan fingerprint density at radius 3 is 2.56 bits per heavy atom. The summed E-state index contributed by atoms with van der Waals surface area (Å²) < 4.78 is 0. The molecular weight excluding hydrogens is 326 g/mol. The average Bonchev–Trinajstić information content (AvgIpc) is 2.92. The summed E-state index contributed by atoms with van der Waals surface area (Å²) in [5, 5.41) is 1.10. The van der Waals surface area contributed by atoms with E-state index in [1.165, 1.54) is 21.7 Å². The number of fused-ring (bicyclic) bond motifs is 1. The summed E-state index contributed by atoms with van der Waals surface area (Å²) in [6.45, 7) is 8.73. The minimum Gasteiger partial charge on any atom is -0.294 e. The first-order valence-electron chi connectivity index (χ1n) is 9.15. The predicted molar refractivity (Wildman–Crippen MR) is 103 cm³/mol. The number of rotatable bonds is 2. The normalized spacial score (nSPS) is 24.9. The van der Waals surface area contributed by atoms with Gasteiger partial charge in [-0.3, -0.25) is 4.79 Å². The molecule has 0 bridgehead atoms. The van der Waals surface area contributed by atoms with Crippen LogP contribution in [0, 0.1) is 12.3 Å². The molecule has 2 aromatic rings. The Balaban J connectivity index is 2.04. The molecule has 0 aliphatic heterocycles. The smallest absolute Gasteiger partial charge is 0.160 e. The van der Waals surface area contributed by atoms with Crippen LogP contribution in [0.2, 0.25) is 0 Å². The third-order valence-electron chi connectivity index (χ3n) is 5.76. The number of ketones is 1. The van der Waals surface area contributed by atoms with Gasteiger partial charge in [-0.15, -0.1) is 11.3 Å². The van der Waals surface area contributed by atoms with Gasteiger partial charge in [0.05, 0.1) is 16.1 Å². The van der Waals surface area contributed by atoms with Crippen molar-refractivity contribution in [2.24, 2.45) is 5.41 Å². The first-order chi connectivity index (χ1) is 11.9. The second-order valence-corrected chi connectivity index (χ2v) is 9.43. The van der Waals surface area contributed by atoms with Crippen molar-refractivity contribution in [1.82, 2.24) is 4.98 Å². The van der Waals surface area contributed by atoms with E-state index in [1.807, 2.05) is 0 Å². The van der Waals surface area contributed by atoms with Crippen molar-refractivity contribution >= 4 is 17.1 Å². The lowest BCUT2D eigenvalue weighted by Crippen LogP contribution is -2.41. The zero-order chi connectivity index (χ0) is 17.8. The number of aryl methyl sites for hydroxylation is 1. The van der Waals surface area contributed by atoms with Crippen molar-refractivity contribution in [3.8, 4) is 0 Å². The zero-order valence-electron chi connectivity index (χ0n) is 15.5. The molecule has 0 amide bonds. The highest BCUT2D eigenvalue weighted by molar-refractivity contribution is 7.12. The Kier molecular flexibility index (Phi) is 3.77. The lowest BCUT2D eigenvalue weighted by molar-refractivity contribution is -0.118. The molecule has 25 heavy (non-hydrogen) atoms. The van der Waals surface area contributed by atoms with Crippen LogP contribution < -0.4 is 0 Å². The maximum atomic E-state index is 13.3. The molecule has 4 rings (SSSR count). The Morgan fingerprint density at radius 2 is 1.88 bits per heavy atom. The fraction of sp³-hybridized carbons (Fsp3) is 0.455. The first kappa shape index (κ1) is 16.7. The third-order valence-corrected chi connectivity index (χ3v) is 6.93. The minimum atomic E-state index is -0.316. The average molecular weight is 352 g/mol. The van der Waals surface area contributed by atoms with Gasteiger partial charge in [0.2, 0.25) is 0 Å². The standard InChI is InChI=1S/C22H25NOS/c1-5-22(16-9-7-6-8-10-16)19-15(12-21(3,4)13-18(19)24)11-17-20(22)25-14(2)23-17/h6-10H,5,11-13H2,1-4H3. The summed E-state index contributed by atoms with van der Waals surface area (Å²) in [5.74, 6) is 0.341. The van der Waals surface area contributed by atoms with Crippen LogP contribution in [-0.4, -0.2) is 10.8 Å². The monoisotopic (exact) mass is 351 g/mol. The molecule has 3 heteroatoms. The summed E-state index contributed by atoms with van der Waals surface area (Å²) in [7, 11) is 0. The van der Waals surface area contributed by atoms with Gasteiger partial charge in [0.15, 0.2) is 5.78 Å². The molecule has 0 saturated carbocycles. The minimum absolute atomic E-state index is 0.0503. The van der Waals surface area contributed by atoms with Crippen LogP contribution in [0.15, 0.2) is 41.5 Å². The van der Waals surface area contributed by atoms with E-state index in [0.29, 0.717) is 12.2 Å². The Morgan fingerprint density at radius 1 is 1.16 bits per heavy atom. The molecule has 2 nitrogen and oxygen atoms in total. The Bertz CT molecular complexity index is 875. The van der Waals surface area contributed by atoms with Crippen molar-refractivity contribution in [2.45, 2.75) is 58.8 Å². The summed E-state index contributed by atoms with van der Waals surface area (Å²) in [6, 6.07) is 10.6. The van der Waals surface area contributed by atoms with Gasteiger partial charge in [-0.05, 0) is 30.7 Å². The number of aromatic nitrogens is 1. The van der Waals surface area contributed by atoms with Gasteiger partial charge in [-0.25, -0.2) is 4.98 Å². The molecule has 0 spiro atoms. The number of hydrogen-bond donors (Lipinski definition) is 0. The van der Waals surface area contributed by atoms with Crippen LogP contribution in [-0.2, 0) is 16.6 Å². The molecule has 2 aliphatic rings. The van der Waals surface area contributed by atoms with E-state index in [9.17, 15) is 4.79 Å². The number of hydrogen-bond acceptors (Lipinski definition) is 3. The maximum absolute atomic E-state index is 13.3. The van der Waals surface area contributed by atoms with E-state index in [4.69, 9.17) is 4.98 Å². The fourth-order valence-corrected chi connectivity index (χ4v) is 6.14. The number of thiazole rings is 1. The second-order valence-electron chi connectivity index (χ2n) is 8.23. The predicted octanol–water partition coefficient (Wildman–Crippen LogP) is 5.39. The molecule has 1 atom stereocenters. The van der Waals surface area contributed by atoms with Crippen molar-refractivity contribution in [3.63, 3.8) is 0 Å². The van der Waals surface area contributed by atoms with Crippen LogP contribution in [0.5, 0.6) is 0 Å². The summed E-state index contributed by atoms with van der Waals surface area (Å²) in [4.78, 5) is 19.5. The Hall–Kier alpha value is -1.74. The molecule has 0 saturated heterocycles. The van der Waals surface area contributed by atoms with Gasteiger partial charge in [0, 0.05) is 23.3 Å². The number of carbonyl (C=O) groups excluding carboxylic acids is 1. The number of nitrogens with zero attached hydrogens (tertiary/aromatic N) is 1. The molecule has 1 aromatic carbocycles. The van der Waals surface area contributed by atoms with E-state index in [1.54, 1.807) is 11.3 Å². The van der Waals surface area contributed by atoms with Crippen molar-refractivity contribution < 1.29 is 4.79 Å². The zero-order valence-corrected chi connectivity index (χ0v) is 16.3. The summed E-state index contributed by atoms with van der Waals surface area (Å²) >= 11 is 1.78. The van der Waals surface area contributed by atoms with Crippen LogP contribution in [0.3, 0.4) is 0 Å². The largest absolute Gasteiger partial charge is 0.294 e. The van der Waals surface area contributed by atoms with E-state index in [0.717, 1.165) is 29.8 Å². The Labute approximate surface area is 154 Å². The van der Waals surface area contributed by atoms with Crippen LogP contribution in [0.25, 0.3) is 0 Å². The quantitative estimate of drug-likeness (QED) is 0.726. The van der Waals surface area contributed by atoms with Gasteiger partial charge in [-0.1, -0.05) is 56.7 Å². The van der Waals surface area contributed by atoms with Gasteiger partial charge < -0.3 is 0 Å². The molecule has 2 aliphatic carbocycles. The topological polar surface area (TPSA) is 30.0 Å². The van der Waals surface area contributed by atoms with Crippen molar-refractivity contribution in [1.29, 1.82) is 0 Å². The van der Waals surface area contributed by atoms with E-state index in [-0.39, 0.29) is 10.8 Å². The van der Waals surface area contributed by atoms with Crippen LogP contribution >= 0.6 is 11.3 Å². The fourth-order valence-electron chi connectivity index (χ4n) is 4.92. The van der Waals surface area contributed by atoms with Crippen LogP contribution in [0.1, 0.15) is 61.2 Å². The first-order valence-corrected chi connectivity index (χ1v) is 9.97. The maximum Gasteiger partial charge on any atom is 0.160 e. The van der Waals surface area contributed by atoms with Gasteiger partial charge in [0.1, 0.15) is 0 Å². The lowest BCUT2D eigenvalue weighted by Gasteiger charge is -2.44. The molecule has 1 heterocycles. The van der Waals surface area contributed by atoms with Gasteiger partial charge >= 0.3 is 0 Å². The molecule has 0 fully saturated rings.